The molecule has 0 fully saturated rings. The Bertz CT molecular complexity index is 745. The van der Waals surface area contributed by atoms with Crippen LogP contribution in [0.5, 0.6) is 0 Å². The lowest BCUT2D eigenvalue weighted by atomic mass is 10.00. The molecule has 0 saturated heterocycles. The minimum absolute atomic E-state index is 0.0192. The van der Waals surface area contributed by atoms with E-state index in [2.05, 4.69) is 0 Å². The average Bonchev–Trinajstić information content (AvgIpc) is 2.47. The third-order valence-corrected chi connectivity index (χ3v) is 3.18. The first kappa shape index (κ1) is 11.5. The largest absolute Gasteiger partial charge is 0.399 e. The van der Waals surface area contributed by atoms with Gasteiger partial charge in [0.05, 0.1) is 0 Å². The van der Waals surface area contributed by atoms with Gasteiger partial charge in [-0.1, -0.05) is 36.4 Å². The topological polar surface area (TPSA) is 43.1 Å². The lowest BCUT2D eigenvalue weighted by Gasteiger charge is -2.04. The van der Waals surface area contributed by atoms with Crippen molar-refractivity contribution in [3.63, 3.8) is 0 Å². The van der Waals surface area contributed by atoms with Crippen LogP contribution in [-0.2, 0) is 0 Å². The Hall–Kier alpha value is -2.61. The number of carbonyl (C=O) groups excluding carboxylic acids is 1. The molecule has 0 aliphatic rings. The second kappa shape index (κ2) is 4.58. The molecule has 3 aromatic rings. The second-order valence-corrected chi connectivity index (χ2v) is 4.51. The molecular formula is C17H13NO. The summed E-state index contributed by atoms with van der Waals surface area (Å²) >= 11 is 0. The van der Waals surface area contributed by atoms with Gasteiger partial charge in [-0.05, 0) is 41.1 Å². The highest BCUT2D eigenvalue weighted by Gasteiger charge is 2.09. The first-order valence-electron chi connectivity index (χ1n) is 6.13. The normalized spacial score (nSPS) is 10.5. The van der Waals surface area contributed by atoms with Crippen molar-refractivity contribution in [2.75, 3.05) is 5.73 Å². The number of benzene rings is 3. The van der Waals surface area contributed by atoms with Crippen molar-refractivity contribution >= 4 is 22.2 Å². The fourth-order valence-electron chi connectivity index (χ4n) is 2.13. The third-order valence-electron chi connectivity index (χ3n) is 3.18. The van der Waals surface area contributed by atoms with Gasteiger partial charge in [-0.2, -0.15) is 0 Å². The first-order valence-corrected chi connectivity index (χ1v) is 6.13. The maximum atomic E-state index is 12.4. The Morgan fingerprint density at radius 1 is 0.737 bits per heavy atom. The van der Waals surface area contributed by atoms with E-state index in [9.17, 15) is 4.79 Å². The summed E-state index contributed by atoms with van der Waals surface area (Å²) < 4.78 is 0. The standard InChI is InChI=1S/C17H13NO/c18-16-9-7-13(8-10-16)17(19)15-6-5-12-3-1-2-4-14(12)11-15/h1-11H,18H2. The summed E-state index contributed by atoms with van der Waals surface area (Å²) in [5.74, 6) is 0.0192. The number of nitrogen functional groups attached to an aromatic ring is 1. The number of fused-ring (bicyclic) bond motifs is 1. The molecular weight excluding hydrogens is 234 g/mol. The zero-order chi connectivity index (χ0) is 13.2. The molecule has 2 heteroatoms. The van der Waals surface area contributed by atoms with Gasteiger partial charge < -0.3 is 5.73 Å². The smallest absolute Gasteiger partial charge is 0.193 e. The van der Waals surface area contributed by atoms with Crippen molar-refractivity contribution in [1.29, 1.82) is 0 Å². The molecule has 0 amide bonds. The first-order chi connectivity index (χ1) is 9.24. The van der Waals surface area contributed by atoms with Crippen molar-refractivity contribution in [2.45, 2.75) is 0 Å². The Morgan fingerprint density at radius 2 is 1.37 bits per heavy atom. The van der Waals surface area contributed by atoms with Crippen molar-refractivity contribution in [1.82, 2.24) is 0 Å². The van der Waals surface area contributed by atoms with Crippen LogP contribution in [0.2, 0.25) is 0 Å². The van der Waals surface area contributed by atoms with Crippen LogP contribution in [0.3, 0.4) is 0 Å². The number of hydrogen-bond donors (Lipinski definition) is 1. The molecule has 0 saturated carbocycles. The van der Waals surface area contributed by atoms with E-state index in [1.54, 1.807) is 24.3 Å². The molecule has 92 valence electrons. The second-order valence-electron chi connectivity index (χ2n) is 4.51. The molecule has 3 aromatic carbocycles. The highest BCUT2D eigenvalue weighted by molar-refractivity contribution is 6.10. The lowest BCUT2D eigenvalue weighted by Crippen LogP contribution is -2.01. The highest BCUT2D eigenvalue weighted by Crippen LogP contribution is 2.18. The molecule has 0 aliphatic heterocycles. The van der Waals surface area contributed by atoms with Crippen molar-refractivity contribution < 1.29 is 4.79 Å². The van der Waals surface area contributed by atoms with Gasteiger partial charge in [0.15, 0.2) is 5.78 Å². The summed E-state index contributed by atoms with van der Waals surface area (Å²) in [6.45, 7) is 0. The van der Waals surface area contributed by atoms with E-state index in [4.69, 9.17) is 5.73 Å². The van der Waals surface area contributed by atoms with Crippen molar-refractivity contribution in [3.05, 3.63) is 77.9 Å². The van der Waals surface area contributed by atoms with Crippen LogP contribution in [0.25, 0.3) is 10.8 Å². The quantitative estimate of drug-likeness (QED) is 0.555. The number of rotatable bonds is 2. The van der Waals surface area contributed by atoms with Crippen molar-refractivity contribution in [3.8, 4) is 0 Å². The average molecular weight is 247 g/mol. The molecule has 0 unspecified atom stereocenters. The summed E-state index contributed by atoms with van der Waals surface area (Å²) in [6, 6.07) is 20.8. The molecule has 2 nitrogen and oxygen atoms in total. The van der Waals surface area contributed by atoms with E-state index < -0.39 is 0 Å². The lowest BCUT2D eigenvalue weighted by molar-refractivity contribution is 0.103. The maximum Gasteiger partial charge on any atom is 0.193 e. The molecule has 0 bridgehead atoms. The van der Waals surface area contributed by atoms with E-state index in [1.165, 1.54) is 0 Å². The van der Waals surface area contributed by atoms with Gasteiger partial charge in [0.1, 0.15) is 0 Å². The minimum atomic E-state index is 0.0192. The van der Waals surface area contributed by atoms with Crippen LogP contribution in [-0.4, -0.2) is 5.78 Å². The fraction of sp³-hybridized carbons (Fsp3) is 0. The van der Waals surface area contributed by atoms with E-state index in [-0.39, 0.29) is 5.78 Å². The molecule has 0 spiro atoms. The van der Waals surface area contributed by atoms with Crippen molar-refractivity contribution in [2.24, 2.45) is 0 Å². The van der Waals surface area contributed by atoms with Crippen LogP contribution in [0, 0.1) is 0 Å². The molecule has 0 atom stereocenters. The molecule has 0 aromatic heterocycles. The molecule has 0 aliphatic carbocycles. The molecule has 0 radical (unpaired) electrons. The summed E-state index contributed by atoms with van der Waals surface area (Å²) in [6.07, 6.45) is 0. The van der Waals surface area contributed by atoms with E-state index >= 15 is 0 Å². The van der Waals surface area contributed by atoms with E-state index in [0.29, 0.717) is 16.8 Å². The van der Waals surface area contributed by atoms with Crippen LogP contribution < -0.4 is 5.73 Å². The number of nitrogens with two attached hydrogens (primary N) is 1. The predicted molar refractivity (Wildman–Crippen MR) is 78.2 cm³/mol. The number of hydrogen-bond acceptors (Lipinski definition) is 2. The van der Waals surface area contributed by atoms with E-state index in [0.717, 1.165) is 10.8 Å². The summed E-state index contributed by atoms with van der Waals surface area (Å²) in [5, 5.41) is 2.21. The predicted octanol–water partition coefficient (Wildman–Crippen LogP) is 3.65. The number of ketones is 1. The maximum absolute atomic E-state index is 12.4. The SMILES string of the molecule is Nc1ccc(C(=O)c2ccc3ccccc3c2)cc1. The monoisotopic (exact) mass is 247 g/mol. The zero-order valence-corrected chi connectivity index (χ0v) is 10.3. The van der Waals surface area contributed by atoms with Gasteiger partial charge >= 0.3 is 0 Å². The van der Waals surface area contributed by atoms with Crippen LogP contribution >= 0.6 is 0 Å². The zero-order valence-electron chi connectivity index (χ0n) is 10.3. The van der Waals surface area contributed by atoms with Gasteiger partial charge in [0, 0.05) is 16.8 Å². The highest BCUT2D eigenvalue weighted by atomic mass is 16.1. The van der Waals surface area contributed by atoms with Crippen LogP contribution in [0.1, 0.15) is 15.9 Å². The Balaban J connectivity index is 2.04. The van der Waals surface area contributed by atoms with Gasteiger partial charge in [-0.25, -0.2) is 0 Å². The Kier molecular flexibility index (Phi) is 2.76. The molecule has 3 rings (SSSR count). The molecule has 19 heavy (non-hydrogen) atoms. The van der Waals surface area contributed by atoms with Crippen LogP contribution in [0.15, 0.2) is 66.7 Å². The summed E-state index contributed by atoms with van der Waals surface area (Å²) in [7, 11) is 0. The van der Waals surface area contributed by atoms with Gasteiger partial charge in [-0.3, -0.25) is 4.79 Å². The number of anilines is 1. The fourth-order valence-corrected chi connectivity index (χ4v) is 2.13. The van der Waals surface area contributed by atoms with Crippen LogP contribution in [0.4, 0.5) is 5.69 Å². The van der Waals surface area contributed by atoms with Gasteiger partial charge in [0.25, 0.3) is 0 Å². The number of carbonyl (C=O) groups is 1. The Labute approximate surface area is 111 Å². The van der Waals surface area contributed by atoms with Gasteiger partial charge in [0.2, 0.25) is 0 Å². The summed E-state index contributed by atoms with van der Waals surface area (Å²) in [5.41, 5.74) is 7.65. The molecule has 0 heterocycles. The minimum Gasteiger partial charge on any atom is -0.399 e. The Morgan fingerprint density at radius 3 is 2.11 bits per heavy atom. The summed E-state index contributed by atoms with van der Waals surface area (Å²) in [4.78, 5) is 12.4. The molecule has 2 N–H and O–H groups in total. The third kappa shape index (κ3) is 2.20. The van der Waals surface area contributed by atoms with Gasteiger partial charge in [-0.15, -0.1) is 0 Å². The van der Waals surface area contributed by atoms with E-state index in [1.807, 2.05) is 42.5 Å².